The van der Waals surface area contributed by atoms with Crippen molar-refractivity contribution in [1.82, 2.24) is 10.9 Å². The van der Waals surface area contributed by atoms with Crippen LogP contribution in [0.3, 0.4) is 0 Å². The highest BCUT2D eigenvalue weighted by atomic mass is 35.5. The van der Waals surface area contributed by atoms with Gasteiger partial charge in [0.15, 0.2) is 5.17 Å². The van der Waals surface area contributed by atoms with E-state index < -0.39 is 22.0 Å². The van der Waals surface area contributed by atoms with Gasteiger partial charge >= 0.3 is 6.03 Å². The summed E-state index contributed by atoms with van der Waals surface area (Å²) < 4.78 is 29.2. The standard InChI is InChI=1S/C22H17Cl2N5O4S2/c1-12-2-6-15(7-3-12)26-21(31)27-28-22-29-35(32,33)19-10-16(17(24)11-18(19)34-22)20(30)25-14-8-4-13(23)5-9-14/h2-11H,1H3,(H,25,30)(H,28,29)(H2,26,27,31). The molecule has 0 spiro atoms. The van der Waals surface area contributed by atoms with E-state index in [0.717, 1.165) is 17.3 Å². The summed E-state index contributed by atoms with van der Waals surface area (Å²) in [7, 11) is -4.18. The van der Waals surface area contributed by atoms with E-state index in [-0.39, 0.29) is 25.5 Å². The molecule has 0 aliphatic carbocycles. The molecule has 4 rings (SSSR count). The lowest BCUT2D eigenvalue weighted by Gasteiger charge is -2.18. The summed E-state index contributed by atoms with van der Waals surface area (Å²) in [6.45, 7) is 1.92. The van der Waals surface area contributed by atoms with E-state index in [0.29, 0.717) is 16.4 Å². The van der Waals surface area contributed by atoms with Crippen molar-refractivity contribution in [3.05, 3.63) is 81.8 Å². The second-order valence-corrected chi connectivity index (χ2v) is 10.7. The van der Waals surface area contributed by atoms with Crippen LogP contribution in [0.4, 0.5) is 16.2 Å². The number of thioether (sulfide) groups is 1. The highest BCUT2D eigenvalue weighted by molar-refractivity contribution is 8.15. The number of hydrogen-bond acceptors (Lipinski definition) is 6. The molecule has 0 saturated carbocycles. The normalized spacial score (nSPS) is 13.7. The monoisotopic (exact) mass is 549 g/mol. The lowest BCUT2D eigenvalue weighted by Crippen LogP contribution is -2.43. The summed E-state index contributed by atoms with van der Waals surface area (Å²) >= 11 is 13.1. The molecule has 3 amide bonds. The molecule has 35 heavy (non-hydrogen) atoms. The lowest BCUT2D eigenvalue weighted by molar-refractivity contribution is 0.102. The van der Waals surface area contributed by atoms with E-state index in [9.17, 15) is 18.0 Å². The quantitative estimate of drug-likeness (QED) is 0.339. The number of nitrogens with zero attached hydrogens (tertiary/aromatic N) is 1. The molecule has 0 fully saturated rings. The Morgan fingerprint density at radius 3 is 2.23 bits per heavy atom. The maximum absolute atomic E-state index is 12.8. The molecule has 0 saturated heterocycles. The molecule has 13 heteroatoms. The predicted octanol–water partition coefficient (Wildman–Crippen LogP) is 5.03. The molecule has 4 N–H and O–H groups in total. The van der Waals surface area contributed by atoms with Crippen LogP contribution in [-0.4, -0.2) is 25.5 Å². The number of fused-ring (bicyclic) bond motifs is 1. The van der Waals surface area contributed by atoms with Gasteiger partial charge in [-0.3, -0.25) is 10.2 Å². The molecule has 180 valence electrons. The van der Waals surface area contributed by atoms with Crippen LogP contribution in [0.15, 0.2) is 74.9 Å². The van der Waals surface area contributed by atoms with Crippen LogP contribution >= 0.6 is 35.0 Å². The summed E-state index contributed by atoms with van der Waals surface area (Å²) in [5.74, 6) is -0.595. The Bertz CT molecular complexity index is 1440. The van der Waals surface area contributed by atoms with Gasteiger partial charge in [-0.05, 0) is 67.2 Å². The first-order valence-corrected chi connectivity index (χ1v) is 12.9. The fraction of sp³-hybridized carbons (Fsp3) is 0.0455. The second-order valence-electron chi connectivity index (χ2n) is 7.28. The SMILES string of the molecule is Cc1ccc(NC(=O)NNC2=NS(=O)(=O)c3cc(C(=O)Nc4ccc(Cl)cc4)c(Cl)cc3S2)cc1. The van der Waals surface area contributed by atoms with Crippen LogP contribution in [0, 0.1) is 6.92 Å². The number of sulfonamides is 1. The summed E-state index contributed by atoms with van der Waals surface area (Å²) in [6, 6.07) is 15.4. The predicted molar refractivity (Wildman–Crippen MR) is 138 cm³/mol. The smallest absolute Gasteiger partial charge is 0.322 e. The number of urea groups is 1. The molecule has 3 aromatic rings. The first-order valence-electron chi connectivity index (χ1n) is 9.94. The molecule has 1 aliphatic rings. The number of rotatable bonds is 3. The number of hydrogen-bond donors (Lipinski definition) is 4. The van der Waals surface area contributed by atoms with Crippen molar-refractivity contribution in [2.45, 2.75) is 16.7 Å². The molecule has 1 aliphatic heterocycles. The average molecular weight is 550 g/mol. The Balaban J connectivity index is 1.47. The maximum atomic E-state index is 12.8. The third kappa shape index (κ3) is 6.06. The molecular weight excluding hydrogens is 533 g/mol. The van der Waals surface area contributed by atoms with Crippen LogP contribution < -0.4 is 21.5 Å². The van der Waals surface area contributed by atoms with E-state index in [1.807, 2.05) is 19.1 Å². The number of hydrazine groups is 1. The molecule has 0 unspecified atom stereocenters. The zero-order chi connectivity index (χ0) is 25.2. The van der Waals surface area contributed by atoms with Gasteiger partial charge in [0.05, 0.1) is 10.6 Å². The zero-order valence-corrected chi connectivity index (χ0v) is 21.1. The number of benzene rings is 3. The number of carbonyl (C=O) groups excluding carboxylic acids is 2. The number of aryl methyl sites for hydroxylation is 1. The molecule has 3 aromatic carbocycles. The summed E-state index contributed by atoms with van der Waals surface area (Å²) in [6.07, 6.45) is 0. The number of nitrogens with one attached hydrogen (secondary N) is 4. The van der Waals surface area contributed by atoms with Gasteiger partial charge in [0.1, 0.15) is 4.90 Å². The third-order valence-electron chi connectivity index (χ3n) is 4.66. The van der Waals surface area contributed by atoms with Gasteiger partial charge in [0.25, 0.3) is 15.9 Å². The largest absolute Gasteiger partial charge is 0.337 e. The Hall–Kier alpha value is -3.25. The minimum absolute atomic E-state index is 0.0354. The topological polar surface area (TPSA) is 129 Å². The Morgan fingerprint density at radius 2 is 1.54 bits per heavy atom. The highest BCUT2D eigenvalue weighted by Gasteiger charge is 2.29. The van der Waals surface area contributed by atoms with Crippen molar-refractivity contribution in [2.75, 3.05) is 10.6 Å². The van der Waals surface area contributed by atoms with Crippen molar-refractivity contribution >= 4 is 73.5 Å². The van der Waals surface area contributed by atoms with Crippen molar-refractivity contribution < 1.29 is 18.0 Å². The van der Waals surface area contributed by atoms with Gasteiger partial charge in [0.2, 0.25) is 0 Å². The van der Waals surface area contributed by atoms with Gasteiger partial charge in [-0.25, -0.2) is 10.2 Å². The number of amides is 3. The van der Waals surface area contributed by atoms with E-state index in [2.05, 4.69) is 25.9 Å². The Kier molecular flexibility index (Phi) is 7.22. The maximum Gasteiger partial charge on any atom is 0.337 e. The second kappa shape index (κ2) is 10.2. The minimum atomic E-state index is -4.18. The molecule has 0 atom stereocenters. The minimum Gasteiger partial charge on any atom is -0.322 e. The first kappa shape index (κ1) is 24.9. The van der Waals surface area contributed by atoms with Crippen molar-refractivity contribution in [3.63, 3.8) is 0 Å². The van der Waals surface area contributed by atoms with Crippen LogP contribution in [0.2, 0.25) is 10.0 Å². The fourth-order valence-corrected chi connectivity index (χ4v) is 5.87. The molecule has 0 aromatic heterocycles. The first-order chi connectivity index (χ1) is 16.6. The van der Waals surface area contributed by atoms with Gasteiger partial charge in [-0.2, -0.15) is 8.42 Å². The summed E-state index contributed by atoms with van der Waals surface area (Å²) in [4.78, 5) is 24.9. The van der Waals surface area contributed by atoms with Crippen LogP contribution in [0.25, 0.3) is 0 Å². The van der Waals surface area contributed by atoms with Crippen LogP contribution in [-0.2, 0) is 10.0 Å². The van der Waals surface area contributed by atoms with E-state index in [1.54, 1.807) is 36.4 Å². The summed E-state index contributed by atoms with van der Waals surface area (Å²) in [5, 5.41) is 5.70. The van der Waals surface area contributed by atoms with Crippen LogP contribution in [0.5, 0.6) is 0 Å². The molecule has 1 heterocycles. The molecule has 0 radical (unpaired) electrons. The van der Waals surface area contributed by atoms with Crippen molar-refractivity contribution in [2.24, 2.45) is 4.40 Å². The van der Waals surface area contributed by atoms with E-state index in [4.69, 9.17) is 23.2 Å². The number of anilines is 2. The van der Waals surface area contributed by atoms with E-state index >= 15 is 0 Å². The van der Waals surface area contributed by atoms with Crippen molar-refractivity contribution in [1.29, 1.82) is 0 Å². The molecular formula is C22H17Cl2N5O4S2. The highest BCUT2D eigenvalue weighted by Crippen LogP contribution is 2.37. The number of carbonyl (C=O) groups is 2. The van der Waals surface area contributed by atoms with E-state index in [1.165, 1.54) is 12.1 Å². The number of amidine groups is 1. The Morgan fingerprint density at radius 1 is 0.914 bits per heavy atom. The fourth-order valence-electron chi connectivity index (χ4n) is 2.96. The molecule has 0 bridgehead atoms. The van der Waals surface area contributed by atoms with Gasteiger partial charge in [0, 0.05) is 21.3 Å². The Labute approximate surface area is 215 Å². The molecule has 9 nitrogen and oxygen atoms in total. The number of halogens is 2. The van der Waals surface area contributed by atoms with Gasteiger partial charge < -0.3 is 10.6 Å². The summed E-state index contributed by atoms with van der Waals surface area (Å²) in [5.41, 5.74) is 6.84. The van der Waals surface area contributed by atoms with Gasteiger partial charge in [-0.1, -0.05) is 40.9 Å². The van der Waals surface area contributed by atoms with Gasteiger partial charge in [-0.15, -0.1) is 4.40 Å². The van der Waals surface area contributed by atoms with Crippen LogP contribution in [0.1, 0.15) is 15.9 Å². The lowest BCUT2D eigenvalue weighted by atomic mass is 10.2. The average Bonchev–Trinajstić information content (AvgIpc) is 2.80. The zero-order valence-electron chi connectivity index (χ0n) is 17.9. The third-order valence-corrected chi connectivity index (χ3v) is 7.73. The van der Waals surface area contributed by atoms with Crippen molar-refractivity contribution in [3.8, 4) is 0 Å².